The summed E-state index contributed by atoms with van der Waals surface area (Å²) in [7, 11) is 0. The Balaban J connectivity index is 0.000000403. The van der Waals surface area contributed by atoms with E-state index in [-0.39, 0.29) is 27.3 Å². The molecule has 0 radical (unpaired) electrons. The molecule has 2 rings (SSSR count). The molecule has 0 aliphatic carbocycles. The average molecular weight is 411 g/mol. The molecule has 23 heavy (non-hydrogen) atoms. The Kier molecular flexibility index (Phi) is 8.75. The van der Waals surface area contributed by atoms with Gasteiger partial charge < -0.3 is 19.8 Å². The van der Waals surface area contributed by atoms with Crippen molar-refractivity contribution >= 4 is 11.9 Å². The van der Waals surface area contributed by atoms with Crippen LogP contribution in [0.1, 0.15) is 43.0 Å². The summed E-state index contributed by atoms with van der Waals surface area (Å²) >= 11 is 0. The number of aryl methyl sites for hydroxylation is 4. The second kappa shape index (κ2) is 9.44. The van der Waals surface area contributed by atoms with Crippen LogP contribution in [0.5, 0.6) is 0 Å². The maximum Gasteiger partial charge on any atom is 2.00 e. The van der Waals surface area contributed by atoms with Gasteiger partial charge in [0, 0.05) is 11.1 Å². The molecular formula is C18H18CdO4. The van der Waals surface area contributed by atoms with Crippen LogP contribution in [0.25, 0.3) is 0 Å². The van der Waals surface area contributed by atoms with Crippen LogP contribution in [-0.4, -0.2) is 11.9 Å². The number of carboxylic acid groups (broad SMARTS) is 2. The summed E-state index contributed by atoms with van der Waals surface area (Å²) in [5.74, 6) is -2.19. The van der Waals surface area contributed by atoms with Crippen LogP contribution >= 0.6 is 0 Å². The third kappa shape index (κ3) is 5.78. The molecule has 0 amide bonds. The molecule has 0 N–H and O–H groups in total. The topological polar surface area (TPSA) is 80.3 Å². The molecule has 0 saturated heterocycles. The van der Waals surface area contributed by atoms with Crippen molar-refractivity contribution in [3.05, 3.63) is 69.8 Å². The molecule has 0 atom stereocenters. The molecule has 2 aromatic carbocycles. The molecule has 0 aliphatic heterocycles. The van der Waals surface area contributed by atoms with E-state index < -0.39 is 11.9 Å². The van der Waals surface area contributed by atoms with Gasteiger partial charge in [0.15, 0.2) is 0 Å². The van der Waals surface area contributed by atoms with Crippen molar-refractivity contribution < 1.29 is 47.1 Å². The molecule has 0 saturated carbocycles. The first-order chi connectivity index (χ1) is 10.3. The Morgan fingerprint density at radius 1 is 0.652 bits per heavy atom. The molecule has 5 heteroatoms. The van der Waals surface area contributed by atoms with Crippen LogP contribution in [0.3, 0.4) is 0 Å². The van der Waals surface area contributed by atoms with E-state index in [2.05, 4.69) is 0 Å². The van der Waals surface area contributed by atoms with E-state index in [1.165, 1.54) is 0 Å². The van der Waals surface area contributed by atoms with Crippen molar-refractivity contribution in [1.29, 1.82) is 0 Å². The summed E-state index contributed by atoms with van der Waals surface area (Å²) in [5, 5.41) is 21.1. The summed E-state index contributed by atoms with van der Waals surface area (Å²) in [4.78, 5) is 21.1. The molecule has 0 bridgehead atoms. The van der Waals surface area contributed by atoms with E-state index in [1.54, 1.807) is 52.0 Å². The number of carbonyl (C=O) groups is 2. The van der Waals surface area contributed by atoms with E-state index in [1.807, 2.05) is 12.1 Å². The van der Waals surface area contributed by atoms with E-state index >= 15 is 0 Å². The Morgan fingerprint density at radius 2 is 0.870 bits per heavy atom. The Bertz CT molecular complexity index is 606. The zero-order chi connectivity index (χ0) is 16.9. The van der Waals surface area contributed by atoms with Gasteiger partial charge in [0.2, 0.25) is 0 Å². The SMILES string of the molecule is Cc1cccc(C)c1C(=O)[O-].Cc1cccc(C)c1C(=O)[O-].[Cd+2]. The van der Waals surface area contributed by atoms with E-state index in [0.717, 1.165) is 22.3 Å². The summed E-state index contributed by atoms with van der Waals surface area (Å²) in [6.07, 6.45) is 0. The van der Waals surface area contributed by atoms with Gasteiger partial charge in [0.1, 0.15) is 0 Å². The van der Waals surface area contributed by atoms with Crippen molar-refractivity contribution in [2.75, 3.05) is 0 Å². The zero-order valence-corrected chi connectivity index (χ0v) is 17.8. The second-order valence-electron chi connectivity index (χ2n) is 5.11. The standard InChI is InChI=1S/2C9H10O2.Cd/c2*1-6-4-3-5-7(2)8(6)9(10)11;/h2*3-5H,1-2H3,(H,10,11);/q;;+2/p-2. The first-order valence-corrected chi connectivity index (χ1v) is 6.80. The van der Waals surface area contributed by atoms with Gasteiger partial charge in [-0.15, -0.1) is 0 Å². The monoisotopic (exact) mass is 412 g/mol. The van der Waals surface area contributed by atoms with Crippen molar-refractivity contribution in [2.45, 2.75) is 27.7 Å². The van der Waals surface area contributed by atoms with Crippen LogP contribution in [0.2, 0.25) is 0 Å². The number of hydrogen-bond donors (Lipinski definition) is 0. The Morgan fingerprint density at radius 3 is 1.00 bits per heavy atom. The summed E-state index contributed by atoms with van der Waals surface area (Å²) in [6.45, 7) is 7.05. The molecule has 2 aromatic rings. The minimum Gasteiger partial charge on any atom is -0.545 e. The summed E-state index contributed by atoms with van der Waals surface area (Å²) < 4.78 is 0. The van der Waals surface area contributed by atoms with E-state index in [0.29, 0.717) is 11.1 Å². The first-order valence-electron chi connectivity index (χ1n) is 6.80. The summed E-state index contributed by atoms with van der Waals surface area (Å²) in [6, 6.07) is 10.7. The maximum atomic E-state index is 10.5. The molecule has 4 nitrogen and oxygen atoms in total. The molecule has 0 aromatic heterocycles. The smallest absolute Gasteiger partial charge is 0.545 e. The zero-order valence-electron chi connectivity index (χ0n) is 13.8. The van der Waals surface area contributed by atoms with Gasteiger partial charge in [-0.3, -0.25) is 0 Å². The fraction of sp³-hybridized carbons (Fsp3) is 0.222. The number of aromatic carboxylic acids is 2. The third-order valence-electron chi connectivity index (χ3n) is 3.37. The predicted octanol–water partition coefficient (Wildman–Crippen LogP) is 1.33. The largest absolute Gasteiger partial charge is 2.00 e. The molecule has 0 fully saturated rings. The number of carboxylic acids is 2. The van der Waals surface area contributed by atoms with Gasteiger partial charge in [-0.05, 0) is 49.9 Å². The fourth-order valence-electron chi connectivity index (χ4n) is 2.27. The predicted molar refractivity (Wildman–Crippen MR) is 80.5 cm³/mol. The van der Waals surface area contributed by atoms with Gasteiger partial charge >= 0.3 is 27.3 Å². The van der Waals surface area contributed by atoms with Gasteiger partial charge in [-0.2, -0.15) is 0 Å². The molecular weight excluding hydrogens is 393 g/mol. The van der Waals surface area contributed by atoms with E-state index in [4.69, 9.17) is 0 Å². The minimum atomic E-state index is -1.10. The Labute approximate surface area is 156 Å². The average Bonchev–Trinajstić information content (AvgIpc) is 2.38. The van der Waals surface area contributed by atoms with E-state index in [9.17, 15) is 19.8 Å². The van der Waals surface area contributed by atoms with Gasteiger partial charge in [-0.25, -0.2) is 0 Å². The van der Waals surface area contributed by atoms with Crippen molar-refractivity contribution in [1.82, 2.24) is 0 Å². The van der Waals surface area contributed by atoms with Crippen LogP contribution in [0, 0.1) is 27.7 Å². The third-order valence-corrected chi connectivity index (χ3v) is 3.37. The fourth-order valence-corrected chi connectivity index (χ4v) is 2.27. The van der Waals surface area contributed by atoms with Crippen molar-refractivity contribution in [2.24, 2.45) is 0 Å². The van der Waals surface area contributed by atoms with Crippen LogP contribution in [0.4, 0.5) is 0 Å². The molecule has 0 heterocycles. The molecule has 0 unspecified atom stereocenters. The van der Waals surface area contributed by atoms with Gasteiger partial charge in [-0.1, -0.05) is 36.4 Å². The van der Waals surface area contributed by atoms with Gasteiger partial charge in [0.25, 0.3) is 0 Å². The van der Waals surface area contributed by atoms with Crippen molar-refractivity contribution in [3.63, 3.8) is 0 Å². The molecule has 0 aliphatic rings. The quantitative estimate of drug-likeness (QED) is 0.700. The first kappa shape index (κ1) is 21.3. The minimum absolute atomic E-state index is 0. The second-order valence-corrected chi connectivity index (χ2v) is 5.11. The number of benzene rings is 2. The molecule has 0 spiro atoms. The van der Waals surface area contributed by atoms with Crippen LogP contribution in [0.15, 0.2) is 36.4 Å². The normalized spacial score (nSPS) is 9.22. The number of carbonyl (C=O) groups excluding carboxylic acids is 2. The van der Waals surface area contributed by atoms with Crippen molar-refractivity contribution in [3.8, 4) is 0 Å². The molecule has 116 valence electrons. The van der Waals surface area contributed by atoms with Gasteiger partial charge in [0.05, 0.1) is 11.9 Å². The maximum absolute atomic E-state index is 10.5. The number of hydrogen-bond acceptors (Lipinski definition) is 4. The summed E-state index contributed by atoms with van der Waals surface area (Å²) in [5.41, 5.74) is 3.64. The van der Waals surface area contributed by atoms with Crippen LogP contribution in [-0.2, 0) is 27.3 Å². The van der Waals surface area contributed by atoms with Crippen LogP contribution < -0.4 is 10.2 Å². The number of rotatable bonds is 2. The Hall–Kier alpha value is -1.70.